The van der Waals surface area contributed by atoms with Crippen LogP contribution in [0.1, 0.15) is 31.7 Å². The molecule has 3 amide bonds. The molecule has 1 rings (SSSR count). The number of unbranched alkanes of at least 4 members (excludes halogenated alkanes) is 2. The number of hydrogen-bond acceptors (Lipinski definition) is 12. The Hall–Kier alpha value is -3.34. The molecule has 0 aromatic heterocycles. The summed E-state index contributed by atoms with van der Waals surface area (Å²) in [5, 5.41) is 11.9. The molecule has 268 valence electrons. The van der Waals surface area contributed by atoms with Gasteiger partial charge in [-0.25, -0.2) is 0 Å². The minimum absolute atomic E-state index is 0.132. The summed E-state index contributed by atoms with van der Waals surface area (Å²) in [6.07, 6.45) is 4.65. The Morgan fingerprint density at radius 2 is 1.06 bits per heavy atom. The fourth-order valence-corrected chi connectivity index (χ4v) is 3.55. The molecule has 3 N–H and O–H groups in total. The number of nitrogens with one attached hydrogen (secondary N) is 3. The molecular weight excluding hydrogens is 614 g/mol. The van der Waals surface area contributed by atoms with E-state index in [0.717, 1.165) is 30.5 Å². The number of benzene rings is 1. The molecule has 1 aromatic rings. The monoisotopic (exact) mass is 669 g/mol. The van der Waals surface area contributed by atoms with Gasteiger partial charge in [0.25, 0.3) is 5.91 Å². The van der Waals surface area contributed by atoms with E-state index < -0.39 is 0 Å². The Morgan fingerprint density at radius 3 is 1.53 bits per heavy atom. The van der Waals surface area contributed by atoms with Crippen LogP contribution in [0.15, 0.2) is 29.4 Å². The molecule has 0 aliphatic rings. The highest BCUT2D eigenvalue weighted by molar-refractivity contribution is 5.80. The fourth-order valence-electron chi connectivity index (χ4n) is 3.55. The van der Waals surface area contributed by atoms with Gasteiger partial charge >= 0.3 is 0 Å². The van der Waals surface area contributed by atoms with Crippen molar-refractivity contribution in [3.05, 3.63) is 29.8 Å². The van der Waals surface area contributed by atoms with Crippen LogP contribution in [0.5, 0.6) is 0 Å². The minimum Gasteiger partial charge on any atom is -0.386 e. The first-order valence-corrected chi connectivity index (χ1v) is 16.1. The third-order valence-electron chi connectivity index (χ3n) is 6.08. The predicted molar refractivity (Wildman–Crippen MR) is 178 cm³/mol. The van der Waals surface area contributed by atoms with Gasteiger partial charge in [0.2, 0.25) is 11.8 Å². The molecule has 47 heavy (non-hydrogen) atoms. The summed E-state index contributed by atoms with van der Waals surface area (Å²) in [4.78, 5) is 42.1. The normalized spacial score (nSPS) is 11.0. The van der Waals surface area contributed by atoms with Crippen molar-refractivity contribution >= 4 is 29.6 Å². The Balaban J connectivity index is 1.77. The largest absolute Gasteiger partial charge is 0.386 e. The van der Waals surface area contributed by atoms with Crippen molar-refractivity contribution in [3.8, 4) is 0 Å². The van der Waals surface area contributed by atoms with Gasteiger partial charge in [-0.3, -0.25) is 14.4 Å². The standard InChI is InChI=1S/C32H55N5O10/c1-4-5-6-11-33-30(38)25-46-26-31(39)34-12-14-41-16-18-43-20-22-45-23-21-44-19-17-42-15-13-35-32(40)27-47-36-24-28-7-9-29(10-8-28)37(2)3/h7-10,24H,4-6,11-23,25-27H2,1-3H3,(H,33,38)(H,34,39)(H,35,40). The van der Waals surface area contributed by atoms with Crippen LogP contribution >= 0.6 is 0 Å². The quantitative estimate of drug-likeness (QED) is 0.0580. The van der Waals surface area contributed by atoms with Crippen molar-refractivity contribution in [1.82, 2.24) is 16.0 Å². The van der Waals surface area contributed by atoms with Crippen LogP contribution < -0.4 is 20.9 Å². The van der Waals surface area contributed by atoms with Gasteiger partial charge in [-0.15, -0.1) is 0 Å². The van der Waals surface area contributed by atoms with Crippen molar-refractivity contribution < 1.29 is 47.6 Å². The maximum atomic E-state index is 11.8. The predicted octanol–water partition coefficient (Wildman–Crippen LogP) is 0.742. The van der Waals surface area contributed by atoms with Gasteiger partial charge in [-0.2, -0.15) is 0 Å². The van der Waals surface area contributed by atoms with Crippen LogP contribution in [-0.2, 0) is 47.6 Å². The van der Waals surface area contributed by atoms with Crippen molar-refractivity contribution in [2.24, 2.45) is 5.16 Å². The first kappa shape index (κ1) is 41.7. The molecule has 15 heteroatoms. The van der Waals surface area contributed by atoms with Crippen molar-refractivity contribution in [2.45, 2.75) is 26.2 Å². The number of oxime groups is 1. The lowest BCUT2D eigenvalue weighted by molar-refractivity contribution is -0.131. The van der Waals surface area contributed by atoms with E-state index in [4.69, 9.17) is 33.3 Å². The molecule has 0 saturated heterocycles. The summed E-state index contributed by atoms with van der Waals surface area (Å²) >= 11 is 0. The molecule has 0 aliphatic heterocycles. The molecule has 1 aromatic carbocycles. The van der Waals surface area contributed by atoms with Gasteiger partial charge in [0, 0.05) is 39.4 Å². The van der Waals surface area contributed by atoms with E-state index in [1.165, 1.54) is 0 Å². The average molecular weight is 670 g/mol. The van der Waals surface area contributed by atoms with E-state index in [2.05, 4.69) is 28.0 Å². The molecule has 0 radical (unpaired) electrons. The minimum atomic E-state index is -0.300. The number of ether oxygens (including phenoxy) is 6. The number of carbonyl (C=O) groups excluding carboxylic acids is 3. The number of carbonyl (C=O) groups is 3. The first-order valence-electron chi connectivity index (χ1n) is 16.1. The summed E-state index contributed by atoms with van der Waals surface area (Å²) in [6, 6.07) is 7.78. The third kappa shape index (κ3) is 26.4. The molecule has 0 spiro atoms. The van der Waals surface area contributed by atoms with E-state index in [9.17, 15) is 14.4 Å². The van der Waals surface area contributed by atoms with Gasteiger partial charge in [0.05, 0.1) is 72.3 Å². The Kier molecular flexibility index (Phi) is 26.6. The number of hydrogen-bond donors (Lipinski definition) is 3. The number of rotatable bonds is 31. The smallest absolute Gasteiger partial charge is 0.260 e. The van der Waals surface area contributed by atoms with E-state index in [1.54, 1.807) is 6.21 Å². The number of anilines is 1. The van der Waals surface area contributed by atoms with E-state index in [0.29, 0.717) is 85.7 Å². The summed E-state index contributed by atoms with van der Waals surface area (Å²) in [5.41, 5.74) is 1.96. The highest BCUT2D eigenvalue weighted by Gasteiger charge is 2.05. The zero-order valence-electron chi connectivity index (χ0n) is 28.3. The molecule has 0 fully saturated rings. The lowest BCUT2D eigenvalue weighted by Crippen LogP contribution is -2.33. The van der Waals surface area contributed by atoms with Crippen LogP contribution in [0.3, 0.4) is 0 Å². The van der Waals surface area contributed by atoms with E-state index in [-0.39, 0.29) is 37.5 Å². The summed E-state index contributed by atoms with van der Waals surface area (Å²) < 4.78 is 32.3. The van der Waals surface area contributed by atoms with Gasteiger partial charge < -0.3 is 54.1 Å². The van der Waals surface area contributed by atoms with Crippen LogP contribution in [0.25, 0.3) is 0 Å². The summed E-state index contributed by atoms with van der Waals surface area (Å²) in [5.74, 6) is -0.799. The van der Waals surface area contributed by atoms with Crippen molar-refractivity contribution in [3.63, 3.8) is 0 Å². The zero-order chi connectivity index (χ0) is 34.2. The highest BCUT2D eigenvalue weighted by Crippen LogP contribution is 2.10. The van der Waals surface area contributed by atoms with Gasteiger partial charge in [0.15, 0.2) is 6.61 Å². The highest BCUT2D eigenvalue weighted by atomic mass is 16.6. The van der Waals surface area contributed by atoms with Crippen molar-refractivity contribution in [1.29, 1.82) is 0 Å². The number of nitrogens with zero attached hydrogens (tertiary/aromatic N) is 2. The van der Waals surface area contributed by atoms with Crippen LogP contribution in [-0.4, -0.2) is 144 Å². The topological polar surface area (TPSA) is 168 Å². The molecule has 15 nitrogen and oxygen atoms in total. The van der Waals surface area contributed by atoms with Crippen LogP contribution in [0.4, 0.5) is 5.69 Å². The Bertz CT molecular complexity index is 966. The van der Waals surface area contributed by atoms with E-state index in [1.807, 2.05) is 43.3 Å². The lowest BCUT2D eigenvalue weighted by Gasteiger charge is -2.11. The van der Waals surface area contributed by atoms with Crippen LogP contribution in [0, 0.1) is 0 Å². The zero-order valence-corrected chi connectivity index (χ0v) is 28.3. The number of amides is 3. The molecular formula is C32H55N5O10. The summed E-state index contributed by atoms with van der Waals surface area (Å²) in [7, 11) is 3.94. The van der Waals surface area contributed by atoms with Crippen molar-refractivity contribution in [2.75, 3.05) is 125 Å². The molecule has 0 aliphatic carbocycles. The molecule has 0 heterocycles. The molecule has 0 bridgehead atoms. The first-order chi connectivity index (χ1) is 22.9. The third-order valence-corrected chi connectivity index (χ3v) is 6.08. The average Bonchev–Trinajstić information content (AvgIpc) is 3.06. The van der Waals surface area contributed by atoms with Crippen LogP contribution in [0.2, 0.25) is 0 Å². The van der Waals surface area contributed by atoms with E-state index >= 15 is 0 Å². The SMILES string of the molecule is CCCCCNC(=O)COCC(=O)NCCOCCOCCOCCOCCOCCNC(=O)CON=Cc1ccc(N(C)C)cc1. The maximum Gasteiger partial charge on any atom is 0.260 e. The summed E-state index contributed by atoms with van der Waals surface area (Å²) in [6.45, 7) is 7.02. The second-order valence-electron chi connectivity index (χ2n) is 10.3. The maximum absolute atomic E-state index is 11.8. The molecule has 0 unspecified atom stereocenters. The Morgan fingerprint density at radius 1 is 0.617 bits per heavy atom. The fraction of sp³-hybridized carbons (Fsp3) is 0.688. The van der Waals surface area contributed by atoms with Gasteiger partial charge in [-0.1, -0.05) is 37.1 Å². The molecule has 0 atom stereocenters. The second-order valence-corrected chi connectivity index (χ2v) is 10.3. The molecule has 0 saturated carbocycles. The van der Waals surface area contributed by atoms with Gasteiger partial charge in [-0.05, 0) is 24.1 Å². The lowest BCUT2D eigenvalue weighted by atomic mass is 10.2. The van der Waals surface area contributed by atoms with Gasteiger partial charge in [0.1, 0.15) is 13.2 Å². The second kappa shape index (κ2) is 30.0. The Labute approximate surface area is 278 Å².